The number of fused-ring (bicyclic) bond motifs is 1. The van der Waals surface area contributed by atoms with Crippen molar-refractivity contribution in [1.29, 1.82) is 0 Å². The smallest absolute Gasteiger partial charge is 0.251 e. The predicted octanol–water partition coefficient (Wildman–Crippen LogP) is 1.58. The Labute approximate surface area is 142 Å². The summed E-state index contributed by atoms with van der Waals surface area (Å²) in [7, 11) is 1.71. The third-order valence-electron chi connectivity index (χ3n) is 4.37. The fourth-order valence-electron chi connectivity index (χ4n) is 3.04. The first kappa shape index (κ1) is 17.8. The highest BCUT2D eigenvalue weighted by atomic mass is 35.5. The molecule has 1 aromatic carbocycles. The van der Waals surface area contributed by atoms with Crippen LogP contribution < -0.4 is 20.1 Å². The minimum Gasteiger partial charge on any atom is -0.454 e. The quantitative estimate of drug-likeness (QED) is 0.850. The molecule has 23 heavy (non-hydrogen) atoms. The van der Waals surface area contributed by atoms with Crippen molar-refractivity contribution in [3.8, 4) is 11.5 Å². The van der Waals surface area contributed by atoms with Crippen LogP contribution in [0.1, 0.15) is 23.2 Å². The van der Waals surface area contributed by atoms with E-state index in [1.807, 2.05) is 0 Å². The van der Waals surface area contributed by atoms with Crippen molar-refractivity contribution in [2.45, 2.75) is 12.8 Å². The van der Waals surface area contributed by atoms with Gasteiger partial charge in [-0.15, -0.1) is 12.4 Å². The number of hydrogen-bond acceptors (Lipinski definition) is 5. The number of halogens is 1. The number of ether oxygens (including phenoxy) is 3. The van der Waals surface area contributed by atoms with E-state index in [0.717, 1.165) is 25.9 Å². The van der Waals surface area contributed by atoms with E-state index in [1.54, 1.807) is 25.3 Å². The van der Waals surface area contributed by atoms with E-state index >= 15 is 0 Å². The van der Waals surface area contributed by atoms with Gasteiger partial charge in [-0.3, -0.25) is 4.79 Å². The molecule has 0 aliphatic carbocycles. The molecule has 0 spiro atoms. The van der Waals surface area contributed by atoms with Gasteiger partial charge in [0, 0.05) is 24.6 Å². The van der Waals surface area contributed by atoms with Crippen molar-refractivity contribution in [3.63, 3.8) is 0 Å². The van der Waals surface area contributed by atoms with Crippen molar-refractivity contribution >= 4 is 18.3 Å². The molecule has 2 heterocycles. The molecule has 0 saturated carbocycles. The summed E-state index contributed by atoms with van der Waals surface area (Å²) in [5.74, 6) is 1.22. The van der Waals surface area contributed by atoms with E-state index in [2.05, 4.69) is 10.6 Å². The molecule has 1 amide bonds. The van der Waals surface area contributed by atoms with Crippen LogP contribution in [0.2, 0.25) is 0 Å². The van der Waals surface area contributed by atoms with Crippen LogP contribution in [0.5, 0.6) is 11.5 Å². The number of carbonyl (C=O) groups is 1. The second-order valence-corrected chi connectivity index (χ2v) is 5.93. The summed E-state index contributed by atoms with van der Waals surface area (Å²) in [5.41, 5.74) is 0.608. The Kier molecular flexibility index (Phi) is 6.10. The second kappa shape index (κ2) is 7.86. The lowest BCUT2D eigenvalue weighted by atomic mass is 9.79. The maximum absolute atomic E-state index is 12.4. The van der Waals surface area contributed by atoms with E-state index in [4.69, 9.17) is 14.2 Å². The van der Waals surface area contributed by atoms with Crippen LogP contribution in [-0.2, 0) is 4.74 Å². The van der Waals surface area contributed by atoms with Gasteiger partial charge in [0.25, 0.3) is 5.91 Å². The number of rotatable bonds is 5. The van der Waals surface area contributed by atoms with E-state index in [9.17, 15) is 4.79 Å². The number of hydrogen-bond donors (Lipinski definition) is 2. The van der Waals surface area contributed by atoms with Crippen molar-refractivity contribution in [2.75, 3.05) is 40.1 Å². The van der Waals surface area contributed by atoms with Crippen LogP contribution in [0.3, 0.4) is 0 Å². The Bertz CT molecular complexity index is 541. The molecular formula is C16H23ClN2O4. The average molecular weight is 343 g/mol. The maximum Gasteiger partial charge on any atom is 0.251 e. The monoisotopic (exact) mass is 342 g/mol. The Balaban J connectivity index is 0.00000192. The molecule has 0 atom stereocenters. The van der Waals surface area contributed by atoms with Gasteiger partial charge in [-0.2, -0.15) is 0 Å². The Hall–Kier alpha value is -1.50. The Morgan fingerprint density at radius 3 is 2.78 bits per heavy atom. The third-order valence-corrected chi connectivity index (χ3v) is 4.37. The lowest BCUT2D eigenvalue weighted by Crippen LogP contribution is -2.47. The molecule has 2 aliphatic heterocycles. The van der Waals surface area contributed by atoms with Gasteiger partial charge in [0.1, 0.15) is 0 Å². The second-order valence-electron chi connectivity index (χ2n) is 5.93. The number of carbonyl (C=O) groups excluding carboxylic acids is 1. The fraction of sp³-hybridized carbons (Fsp3) is 0.562. The molecule has 128 valence electrons. The molecule has 2 aliphatic rings. The highest BCUT2D eigenvalue weighted by molar-refractivity contribution is 5.94. The lowest BCUT2D eigenvalue weighted by molar-refractivity contribution is 0.0511. The summed E-state index contributed by atoms with van der Waals surface area (Å²) in [6, 6.07) is 5.25. The standard InChI is InChI=1S/C16H22N2O4.ClH/c1-20-10-16(4-6-17-7-5-16)9-18-15(19)12-2-3-13-14(8-12)22-11-21-13;/h2-3,8,17H,4-7,9-11H2,1H3,(H,18,19);1H. The summed E-state index contributed by atoms with van der Waals surface area (Å²) in [4.78, 5) is 12.4. The van der Waals surface area contributed by atoms with Gasteiger partial charge in [0.15, 0.2) is 11.5 Å². The normalized spacial score (nSPS) is 18.1. The fourth-order valence-corrected chi connectivity index (χ4v) is 3.04. The highest BCUT2D eigenvalue weighted by Gasteiger charge is 2.32. The minimum atomic E-state index is -0.0905. The molecular weight excluding hydrogens is 320 g/mol. The maximum atomic E-state index is 12.4. The van der Waals surface area contributed by atoms with Crippen LogP contribution in [0.15, 0.2) is 18.2 Å². The Morgan fingerprint density at radius 2 is 2.04 bits per heavy atom. The third kappa shape index (κ3) is 4.07. The number of methoxy groups -OCH3 is 1. The summed E-state index contributed by atoms with van der Waals surface area (Å²) in [6.45, 7) is 3.42. The van der Waals surface area contributed by atoms with Gasteiger partial charge in [-0.05, 0) is 44.1 Å². The van der Waals surface area contributed by atoms with Gasteiger partial charge in [0.2, 0.25) is 6.79 Å². The first-order chi connectivity index (χ1) is 10.7. The summed E-state index contributed by atoms with van der Waals surface area (Å²) < 4.78 is 15.9. The van der Waals surface area contributed by atoms with Gasteiger partial charge in [0.05, 0.1) is 6.61 Å². The molecule has 6 nitrogen and oxygen atoms in total. The molecule has 0 unspecified atom stereocenters. The van der Waals surface area contributed by atoms with E-state index in [0.29, 0.717) is 30.2 Å². The summed E-state index contributed by atoms with van der Waals surface area (Å²) in [6.07, 6.45) is 2.00. The van der Waals surface area contributed by atoms with Crippen LogP contribution in [-0.4, -0.2) is 46.1 Å². The number of nitrogens with one attached hydrogen (secondary N) is 2. The molecule has 0 bridgehead atoms. The van der Waals surface area contributed by atoms with Crippen molar-refractivity contribution in [3.05, 3.63) is 23.8 Å². The molecule has 3 rings (SSSR count). The van der Waals surface area contributed by atoms with Gasteiger partial charge in [-0.25, -0.2) is 0 Å². The molecule has 1 saturated heterocycles. The summed E-state index contributed by atoms with van der Waals surface area (Å²) >= 11 is 0. The molecule has 2 N–H and O–H groups in total. The van der Waals surface area contributed by atoms with E-state index in [-0.39, 0.29) is 30.5 Å². The zero-order valence-electron chi connectivity index (χ0n) is 13.2. The lowest BCUT2D eigenvalue weighted by Gasteiger charge is -2.37. The van der Waals surface area contributed by atoms with Crippen LogP contribution in [0, 0.1) is 5.41 Å². The topological polar surface area (TPSA) is 68.8 Å². The number of piperidine rings is 1. The SMILES string of the molecule is COCC1(CNC(=O)c2ccc3c(c2)OCO3)CCNCC1.Cl. The van der Waals surface area contributed by atoms with E-state index in [1.165, 1.54) is 0 Å². The van der Waals surface area contributed by atoms with Gasteiger partial charge < -0.3 is 24.8 Å². The molecule has 1 fully saturated rings. The van der Waals surface area contributed by atoms with Gasteiger partial charge in [-0.1, -0.05) is 0 Å². The largest absolute Gasteiger partial charge is 0.454 e. The van der Waals surface area contributed by atoms with Crippen LogP contribution >= 0.6 is 12.4 Å². The number of amides is 1. The van der Waals surface area contributed by atoms with Gasteiger partial charge >= 0.3 is 0 Å². The predicted molar refractivity (Wildman–Crippen MR) is 88.6 cm³/mol. The minimum absolute atomic E-state index is 0. The average Bonchev–Trinajstić information content (AvgIpc) is 3.01. The zero-order valence-corrected chi connectivity index (χ0v) is 14.0. The van der Waals surface area contributed by atoms with Crippen molar-refractivity contribution in [1.82, 2.24) is 10.6 Å². The zero-order chi connectivity index (χ0) is 15.4. The van der Waals surface area contributed by atoms with Crippen molar-refractivity contribution < 1.29 is 19.0 Å². The Morgan fingerprint density at radius 1 is 1.30 bits per heavy atom. The molecule has 0 aromatic heterocycles. The van der Waals surface area contributed by atoms with Crippen molar-refractivity contribution in [2.24, 2.45) is 5.41 Å². The van der Waals surface area contributed by atoms with E-state index < -0.39 is 0 Å². The number of benzene rings is 1. The molecule has 1 aromatic rings. The summed E-state index contributed by atoms with van der Waals surface area (Å²) in [5, 5.41) is 6.39. The van der Waals surface area contributed by atoms with Crippen LogP contribution in [0.25, 0.3) is 0 Å². The molecule has 7 heteroatoms. The van der Waals surface area contributed by atoms with Crippen LogP contribution in [0.4, 0.5) is 0 Å². The first-order valence-corrected chi connectivity index (χ1v) is 7.60. The first-order valence-electron chi connectivity index (χ1n) is 7.60. The highest BCUT2D eigenvalue weighted by Crippen LogP contribution is 2.33. The molecule has 0 radical (unpaired) electrons.